The van der Waals surface area contributed by atoms with Crippen LogP contribution in [0.3, 0.4) is 0 Å². The van der Waals surface area contributed by atoms with E-state index < -0.39 is 5.97 Å². The molecule has 0 bridgehead atoms. The zero-order valence-electron chi connectivity index (χ0n) is 10.8. The van der Waals surface area contributed by atoms with E-state index >= 15 is 0 Å². The van der Waals surface area contributed by atoms with E-state index in [1.807, 2.05) is 0 Å². The fourth-order valence-electron chi connectivity index (χ4n) is 1.91. The molecule has 2 amide bonds. The lowest BCUT2D eigenvalue weighted by atomic mass is 10.0. The Balaban J connectivity index is 2.07. The predicted molar refractivity (Wildman–Crippen MR) is 66.4 cm³/mol. The summed E-state index contributed by atoms with van der Waals surface area (Å²) in [5.41, 5.74) is 0. The van der Waals surface area contributed by atoms with Gasteiger partial charge >= 0.3 is 12.0 Å². The summed E-state index contributed by atoms with van der Waals surface area (Å²) in [4.78, 5) is 21.9. The summed E-state index contributed by atoms with van der Waals surface area (Å²) in [5, 5.41) is 14.0. The molecule has 0 aromatic carbocycles. The first-order valence-corrected chi connectivity index (χ1v) is 6.39. The second-order valence-corrected chi connectivity index (χ2v) is 4.88. The van der Waals surface area contributed by atoms with Crippen LogP contribution in [0.15, 0.2) is 0 Å². The summed E-state index contributed by atoms with van der Waals surface area (Å²) < 4.78 is 5.32. The Bertz CT molecular complexity index is 277. The van der Waals surface area contributed by atoms with Crippen molar-refractivity contribution < 1.29 is 19.4 Å². The van der Waals surface area contributed by atoms with Crippen molar-refractivity contribution in [2.75, 3.05) is 26.3 Å². The molecule has 1 aliphatic heterocycles. The molecule has 2 atom stereocenters. The molecule has 1 rings (SSSR count). The highest BCUT2D eigenvalue weighted by Gasteiger charge is 2.15. The molecule has 104 valence electrons. The summed E-state index contributed by atoms with van der Waals surface area (Å²) in [6.45, 7) is 4.30. The highest BCUT2D eigenvalue weighted by atomic mass is 16.5. The molecule has 2 unspecified atom stereocenters. The topological polar surface area (TPSA) is 87.7 Å². The Hall–Kier alpha value is -1.30. The normalized spacial score (nSPS) is 21.1. The van der Waals surface area contributed by atoms with Crippen molar-refractivity contribution in [1.29, 1.82) is 0 Å². The predicted octanol–water partition coefficient (Wildman–Crippen LogP) is 0.823. The minimum absolute atomic E-state index is 0.0636. The average molecular weight is 258 g/mol. The van der Waals surface area contributed by atoms with E-state index in [0.29, 0.717) is 25.6 Å². The second-order valence-electron chi connectivity index (χ2n) is 4.88. The maximum atomic E-state index is 11.5. The molecular weight excluding hydrogens is 236 g/mol. The molecule has 1 fully saturated rings. The lowest BCUT2D eigenvalue weighted by molar-refractivity contribution is -0.137. The molecule has 1 aliphatic rings. The molecule has 18 heavy (non-hydrogen) atoms. The van der Waals surface area contributed by atoms with Crippen LogP contribution in [0, 0.1) is 11.8 Å². The average Bonchev–Trinajstić information content (AvgIpc) is 2.34. The molecule has 1 saturated heterocycles. The molecule has 0 aliphatic carbocycles. The quantitative estimate of drug-likeness (QED) is 0.658. The van der Waals surface area contributed by atoms with E-state index in [-0.39, 0.29) is 18.4 Å². The van der Waals surface area contributed by atoms with Crippen molar-refractivity contribution >= 4 is 12.0 Å². The zero-order chi connectivity index (χ0) is 13.4. The van der Waals surface area contributed by atoms with Crippen molar-refractivity contribution in [2.24, 2.45) is 11.8 Å². The number of hydrogen-bond donors (Lipinski definition) is 3. The van der Waals surface area contributed by atoms with Gasteiger partial charge in [-0.25, -0.2) is 4.79 Å². The van der Waals surface area contributed by atoms with E-state index in [4.69, 9.17) is 9.84 Å². The molecule has 3 N–H and O–H groups in total. The lowest BCUT2D eigenvalue weighted by Crippen LogP contribution is -2.41. The fraction of sp³-hybridized carbons (Fsp3) is 0.833. The van der Waals surface area contributed by atoms with Gasteiger partial charge in [0.05, 0.1) is 6.61 Å². The van der Waals surface area contributed by atoms with Crippen LogP contribution in [0.2, 0.25) is 0 Å². The van der Waals surface area contributed by atoms with Crippen LogP contribution in [0.5, 0.6) is 0 Å². The first-order valence-electron chi connectivity index (χ1n) is 6.39. The van der Waals surface area contributed by atoms with Crippen LogP contribution in [0.25, 0.3) is 0 Å². The van der Waals surface area contributed by atoms with Gasteiger partial charge in [-0.05, 0) is 24.7 Å². The van der Waals surface area contributed by atoms with E-state index in [0.717, 1.165) is 19.4 Å². The van der Waals surface area contributed by atoms with E-state index in [2.05, 4.69) is 10.6 Å². The van der Waals surface area contributed by atoms with Gasteiger partial charge in [-0.15, -0.1) is 0 Å². The number of hydrogen-bond acceptors (Lipinski definition) is 3. The van der Waals surface area contributed by atoms with Crippen LogP contribution >= 0.6 is 0 Å². The van der Waals surface area contributed by atoms with Gasteiger partial charge in [0.2, 0.25) is 0 Å². The Morgan fingerprint density at radius 2 is 2.22 bits per heavy atom. The number of aliphatic carboxylic acids is 1. The Labute approximate surface area is 107 Å². The van der Waals surface area contributed by atoms with Gasteiger partial charge in [0.25, 0.3) is 0 Å². The number of rotatable bonds is 6. The smallest absolute Gasteiger partial charge is 0.314 e. The number of carboxylic acid groups (broad SMARTS) is 1. The van der Waals surface area contributed by atoms with Crippen LogP contribution in [-0.4, -0.2) is 43.4 Å². The third kappa shape index (κ3) is 6.44. The third-order valence-corrected chi connectivity index (χ3v) is 2.94. The van der Waals surface area contributed by atoms with Gasteiger partial charge in [-0.2, -0.15) is 0 Å². The first kappa shape index (κ1) is 14.8. The standard InChI is InChI=1S/C12H22N2O4/c1-9(5-11(15)16)6-13-12(17)14-7-10-3-2-4-18-8-10/h9-10H,2-8H2,1H3,(H,15,16)(H2,13,14,17). The number of ether oxygens (including phenoxy) is 1. The van der Waals surface area contributed by atoms with Gasteiger partial charge in [0.15, 0.2) is 0 Å². The summed E-state index contributed by atoms with van der Waals surface area (Å²) in [7, 11) is 0. The van der Waals surface area contributed by atoms with E-state index in [1.54, 1.807) is 6.92 Å². The van der Waals surface area contributed by atoms with Crippen molar-refractivity contribution in [3.8, 4) is 0 Å². The molecule has 0 aromatic heterocycles. The Kier molecular flexibility index (Phi) is 6.49. The summed E-state index contributed by atoms with van der Waals surface area (Å²) >= 11 is 0. The zero-order valence-corrected chi connectivity index (χ0v) is 10.8. The van der Waals surface area contributed by atoms with Gasteiger partial charge < -0.3 is 20.5 Å². The third-order valence-electron chi connectivity index (χ3n) is 2.94. The molecule has 0 saturated carbocycles. The maximum Gasteiger partial charge on any atom is 0.314 e. The summed E-state index contributed by atoms with van der Waals surface area (Å²) in [6, 6.07) is -0.238. The highest BCUT2D eigenvalue weighted by molar-refractivity contribution is 5.74. The minimum atomic E-state index is -0.843. The van der Waals surface area contributed by atoms with Gasteiger partial charge in [0, 0.05) is 26.1 Å². The maximum absolute atomic E-state index is 11.5. The Morgan fingerprint density at radius 1 is 1.44 bits per heavy atom. The molecule has 0 spiro atoms. The Morgan fingerprint density at radius 3 is 2.83 bits per heavy atom. The summed E-state index contributed by atoms with van der Waals surface area (Å²) in [5.74, 6) is -0.517. The molecule has 1 heterocycles. The number of nitrogens with one attached hydrogen (secondary N) is 2. The molecule has 6 heteroatoms. The summed E-state index contributed by atoms with van der Waals surface area (Å²) in [6.07, 6.45) is 2.19. The van der Waals surface area contributed by atoms with Gasteiger partial charge in [0.1, 0.15) is 0 Å². The van der Waals surface area contributed by atoms with Gasteiger partial charge in [-0.3, -0.25) is 4.79 Å². The largest absolute Gasteiger partial charge is 0.481 e. The molecule has 0 aromatic rings. The van der Waals surface area contributed by atoms with Crippen LogP contribution in [0.4, 0.5) is 4.79 Å². The van der Waals surface area contributed by atoms with Crippen LogP contribution in [-0.2, 0) is 9.53 Å². The van der Waals surface area contributed by atoms with Crippen molar-refractivity contribution in [3.05, 3.63) is 0 Å². The monoisotopic (exact) mass is 258 g/mol. The second kappa shape index (κ2) is 7.92. The van der Waals surface area contributed by atoms with E-state index in [9.17, 15) is 9.59 Å². The lowest BCUT2D eigenvalue weighted by Gasteiger charge is -2.22. The first-order chi connectivity index (χ1) is 8.58. The number of carbonyl (C=O) groups excluding carboxylic acids is 1. The number of urea groups is 1. The van der Waals surface area contributed by atoms with Gasteiger partial charge in [-0.1, -0.05) is 6.92 Å². The molecule has 6 nitrogen and oxygen atoms in total. The minimum Gasteiger partial charge on any atom is -0.481 e. The molecular formula is C12H22N2O4. The number of carbonyl (C=O) groups is 2. The van der Waals surface area contributed by atoms with Crippen molar-refractivity contribution in [2.45, 2.75) is 26.2 Å². The number of amides is 2. The fourth-order valence-corrected chi connectivity index (χ4v) is 1.91. The molecule has 0 radical (unpaired) electrons. The van der Waals surface area contributed by atoms with E-state index in [1.165, 1.54) is 0 Å². The SMILES string of the molecule is CC(CNC(=O)NCC1CCCOC1)CC(=O)O. The van der Waals surface area contributed by atoms with Crippen molar-refractivity contribution in [3.63, 3.8) is 0 Å². The van der Waals surface area contributed by atoms with Crippen molar-refractivity contribution in [1.82, 2.24) is 10.6 Å². The van der Waals surface area contributed by atoms with Crippen LogP contribution < -0.4 is 10.6 Å². The highest BCUT2D eigenvalue weighted by Crippen LogP contribution is 2.11. The van der Waals surface area contributed by atoms with Crippen LogP contribution in [0.1, 0.15) is 26.2 Å². The number of carboxylic acids is 1.